The molecule has 0 fully saturated rings. The van der Waals surface area contributed by atoms with Crippen LogP contribution in [0, 0.1) is 0 Å². The zero-order valence-corrected chi connectivity index (χ0v) is 16.6. The van der Waals surface area contributed by atoms with E-state index >= 15 is 0 Å². The van der Waals surface area contributed by atoms with Crippen LogP contribution in [0.4, 0.5) is 0 Å². The Morgan fingerprint density at radius 2 is 2.23 bits per heavy atom. The Hall–Kier alpha value is -2.06. The molecule has 0 bridgehead atoms. The number of fused-ring (bicyclic) bond motifs is 1. The fraction of sp³-hybridized carbons (Fsp3) is 0.278. The molecule has 8 heteroatoms. The Morgan fingerprint density at radius 1 is 1.38 bits per heavy atom. The minimum absolute atomic E-state index is 0.0864. The minimum Gasteiger partial charge on any atom is -0.467 e. The number of furan rings is 1. The van der Waals surface area contributed by atoms with Crippen molar-refractivity contribution in [3.63, 3.8) is 0 Å². The molecule has 3 rings (SSSR count). The lowest BCUT2D eigenvalue weighted by Crippen LogP contribution is -2.26. The van der Waals surface area contributed by atoms with Crippen LogP contribution in [0.5, 0.6) is 0 Å². The van der Waals surface area contributed by atoms with E-state index in [9.17, 15) is 9.59 Å². The molecule has 0 radical (unpaired) electrons. The SMILES string of the molecule is CCCn1c(SCC(=O)NCc2ccco2)nc2ccc(Br)cc2c1=O. The molecule has 0 aliphatic carbocycles. The van der Waals surface area contributed by atoms with Gasteiger partial charge >= 0.3 is 0 Å². The average Bonchev–Trinajstić information content (AvgIpc) is 3.15. The third kappa shape index (κ3) is 4.37. The summed E-state index contributed by atoms with van der Waals surface area (Å²) in [5, 5.41) is 3.92. The molecule has 1 amide bonds. The number of carbonyl (C=O) groups is 1. The Bertz CT molecular complexity index is 970. The molecular weight excluding hydrogens is 418 g/mol. The molecule has 0 saturated carbocycles. The van der Waals surface area contributed by atoms with Gasteiger partial charge in [-0.1, -0.05) is 34.6 Å². The smallest absolute Gasteiger partial charge is 0.262 e. The summed E-state index contributed by atoms with van der Waals surface area (Å²) in [6.45, 7) is 2.90. The van der Waals surface area contributed by atoms with Gasteiger partial charge < -0.3 is 9.73 Å². The van der Waals surface area contributed by atoms with E-state index < -0.39 is 0 Å². The number of hydrogen-bond donors (Lipinski definition) is 1. The maximum absolute atomic E-state index is 12.8. The quantitative estimate of drug-likeness (QED) is 0.453. The van der Waals surface area contributed by atoms with Crippen molar-refractivity contribution >= 4 is 44.5 Å². The summed E-state index contributed by atoms with van der Waals surface area (Å²) in [6.07, 6.45) is 2.37. The lowest BCUT2D eigenvalue weighted by atomic mass is 10.2. The molecule has 3 aromatic rings. The topological polar surface area (TPSA) is 77.1 Å². The Balaban J connectivity index is 1.77. The van der Waals surface area contributed by atoms with E-state index in [4.69, 9.17) is 4.42 Å². The second-order valence-electron chi connectivity index (χ2n) is 5.66. The van der Waals surface area contributed by atoms with E-state index in [1.165, 1.54) is 11.8 Å². The summed E-state index contributed by atoms with van der Waals surface area (Å²) in [7, 11) is 0. The van der Waals surface area contributed by atoms with Crippen LogP contribution < -0.4 is 10.9 Å². The molecule has 0 aliphatic rings. The molecule has 26 heavy (non-hydrogen) atoms. The third-order valence-electron chi connectivity index (χ3n) is 3.70. The van der Waals surface area contributed by atoms with Crippen LogP contribution >= 0.6 is 27.7 Å². The van der Waals surface area contributed by atoms with Crippen molar-refractivity contribution in [2.24, 2.45) is 0 Å². The summed E-state index contributed by atoms with van der Waals surface area (Å²) in [6, 6.07) is 9.01. The number of amides is 1. The second kappa shape index (κ2) is 8.55. The van der Waals surface area contributed by atoms with Gasteiger partial charge in [0, 0.05) is 11.0 Å². The van der Waals surface area contributed by atoms with Crippen molar-refractivity contribution in [3.8, 4) is 0 Å². The monoisotopic (exact) mass is 435 g/mol. The van der Waals surface area contributed by atoms with Crippen LogP contribution in [0.25, 0.3) is 10.9 Å². The van der Waals surface area contributed by atoms with Crippen molar-refractivity contribution in [3.05, 3.63) is 57.2 Å². The largest absolute Gasteiger partial charge is 0.467 e. The van der Waals surface area contributed by atoms with E-state index in [1.54, 1.807) is 35.1 Å². The third-order valence-corrected chi connectivity index (χ3v) is 5.17. The van der Waals surface area contributed by atoms with Crippen LogP contribution in [0.3, 0.4) is 0 Å². The first-order valence-electron chi connectivity index (χ1n) is 8.20. The first-order valence-corrected chi connectivity index (χ1v) is 9.98. The van der Waals surface area contributed by atoms with Crippen molar-refractivity contribution in [1.82, 2.24) is 14.9 Å². The maximum atomic E-state index is 12.8. The van der Waals surface area contributed by atoms with Gasteiger partial charge in [0.05, 0.1) is 29.5 Å². The molecule has 0 atom stereocenters. The highest BCUT2D eigenvalue weighted by Crippen LogP contribution is 2.20. The molecule has 0 saturated heterocycles. The van der Waals surface area contributed by atoms with Gasteiger partial charge in [-0.25, -0.2) is 4.98 Å². The molecule has 1 aromatic carbocycles. The predicted molar refractivity (Wildman–Crippen MR) is 105 cm³/mol. The van der Waals surface area contributed by atoms with Crippen molar-refractivity contribution < 1.29 is 9.21 Å². The number of halogens is 1. The molecule has 6 nitrogen and oxygen atoms in total. The molecule has 2 aromatic heterocycles. The lowest BCUT2D eigenvalue weighted by molar-refractivity contribution is -0.118. The van der Waals surface area contributed by atoms with Crippen LogP contribution in [-0.4, -0.2) is 21.2 Å². The van der Waals surface area contributed by atoms with Crippen LogP contribution in [-0.2, 0) is 17.9 Å². The first-order chi connectivity index (χ1) is 12.6. The Labute approximate surface area is 163 Å². The van der Waals surface area contributed by atoms with Gasteiger partial charge in [0.15, 0.2) is 5.16 Å². The number of carbonyl (C=O) groups excluding carboxylic acids is 1. The van der Waals surface area contributed by atoms with E-state index in [1.807, 2.05) is 13.0 Å². The molecule has 136 valence electrons. The van der Waals surface area contributed by atoms with Gasteiger partial charge in [0.2, 0.25) is 5.91 Å². The van der Waals surface area contributed by atoms with Crippen molar-refractivity contribution in [1.29, 1.82) is 0 Å². The first kappa shape index (κ1) is 18.7. The average molecular weight is 436 g/mol. The van der Waals surface area contributed by atoms with E-state index in [2.05, 4.69) is 26.2 Å². The van der Waals surface area contributed by atoms with Gasteiger partial charge in [0.1, 0.15) is 5.76 Å². The van der Waals surface area contributed by atoms with Gasteiger partial charge in [-0.15, -0.1) is 0 Å². The van der Waals surface area contributed by atoms with Gasteiger partial charge in [-0.3, -0.25) is 14.2 Å². The van der Waals surface area contributed by atoms with Gasteiger partial charge in [0.25, 0.3) is 5.56 Å². The van der Waals surface area contributed by atoms with Gasteiger partial charge in [-0.05, 0) is 36.8 Å². The molecule has 0 unspecified atom stereocenters. The number of nitrogens with one attached hydrogen (secondary N) is 1. The van der Waals surface area contributed by atoms with Gasteiger partial charge in [-0.2, -0.15) is 0 Å². The number of benzene rings is 1. The molecular formula is C18H18BrN3O3S. The van der Waals surface area contributed by atoms with Crippen molar-refractivity contribution in [2.45, 2.75) is 31.6 Å². The second-order valence-corrected chi connectivity index (χ2v) is 7.52. The number of nitrogens with zero attached hydrogens (tertiary/aromatic N) is 2. The van der Waals surface area contributed by atoms with E-state index in [0.29, 0.717) is 34.9 Å². The van der Waals surface area contributed by atoms with Crippen molar-refractivity contribution in [2.75, 3.05) is 5.75 Å². The fourth-order valence-corrected chi connectivity index (χ4v) is 3.70. The van der Waals surface area contributed by atoms with Crippen LogP contribution in [0.1, 0.15) is 19.1 Å². The molecule has 0 aliphatic heterocycles. The zero-order valence-electron chi connectivity index (χ0n) is 14.2. The van der Waals surface area contributed by atoms with Crippen LogP contribution in [0.15, 0.2) is 55.4 Å². The molecule has 2 heterocycles. The number of thioether (sulfide) groups is 1. The van der Waals surface area contributed by atoms with Crippen LogP contribution in [0.2, 0.25) is 0 Å². The fourth-order valence-electron chi connectivity index (χ4n) is 2.48. The highest BCUT2D eigenvalue weighted by Gasteiger charge is 2.13. The molecule has 0 spiro atoms. The summed E-state index contributed by atoms with van der Waals surface area (Å²) in [5.74, 6) is 0.735. The number of rotatable bonds is 7. The number of hydrogen-bond acceptors (Lipinski definition) is 5. The van der Waals surface area contributed by atoms with E-state index in [-0.39, 0.29) is 17.2 Å². The standard InChI is InChI=1S/C18H18BrN3O3S/c1-2-7-22-17(24)14-9-12(19)5-6-15(14)21-18(22)26-11-16(23)20-10-13-4-3-8-25-13/h3-6,8-9H,2,7,10-11H2,1H3,(H,20,23). The molecule has 1 N–H and O–H groups in total. The van der Waals surface area contributed by atoms with E-state index in [0.717, 1.165) is 10.9 Å². The highest BCUT2D eigenvalue weighted by atomic mass is 79.9. The zero-order chi connectivity index (χ0) is 18.5. The lowest BCUT2D eigenvalue weighted by Gasteiger charge is -2.12. The maximum Gasteiger partial charge on any atom is 0.262 e. The Morgan fingerprint density at radius 3 is 2.96 bits per heavy atom. The summed E-state index contributed by atoms with van der Waals surface area (Å²) >= 11 is 4.65. The number of aromatic nitrogens is 2. The summed E-state index contributed by atoms with van der Waals surface area (Å²) < 4.78 is 7.66. The highest BCUT2D eigenvalue weighted by molar-refractivity contribution is 9.10. The predicted octanol–water partition coefficient (Wildman–Crippen LogP) is 3.57. The Kier molecular flexibility index (Phi) is 6.16. The summed E-state index contributed by atoms with van der Waals surface area (Å²) in [4.78, 5) is 29.5. The normalized spacial score (nSPS) is 11.0. The minimum atomic E-state index is -0.139. The summed E-state index contributed by atoms with van der Waals surface area (Å²) in [5.41, 5.74) is 0.542.